The Labute approximate surface area is 151 Å². The maximum absolute atomic E-state index is 11.0. The fourth-order valence-electron chi connectivity index (χ4n) is 2.35. The second-order valence-corrected chi connectivity index (χ2v) is 7.43. The van der Waals surface area contributed by atoms with Crippen LogP contribution < -0.4 is 4.74 Å². The van der Waals surface area contributed by atoms with Crippen LogP contribution in [0.5, 0.6) is 5.75 Å². The van der Waals surface area contributed by atoms with Gasteiger partial charge in [0.1, 0.15) is 22.4 Å². The number of aliphatic carboxylic acids is 1. The number of carbonyl (C=O) groups is 1. The van der Waals surface area contributed by atoms with Gasteiger partial charge in [-0.2, -0.15) is 0 Å². The molecule has 0 fully saturated rings. The van der Waals surface area contributed by atoms with Gasteiger partial charge in [-0.1, -0.05) is 0 Å². The zero-order valence-corrected chi connectivity index (χ0v) is 14.6. The van der Waals surface area contributed by atoms with Crippen molar-refractivity contribution in [2.45, 2.75) is 12.6 Å². The van der Waals surface area contributed by atoms with Crippen molar-refractivity contribution in [2.24, 2.45) is 4.99 Å². The smallest absolute Gasteiger partial charge is 0.329 e. The highest BCUT2D eigenvalue weighted by molar-refractivity contribution is 8.15. The Hall–Kier alpha value is -2.45. The van der Waals surface area contributed by atoms with Crippen LogP contribution in [0.3, 0.4) is 0 Å². The Bertz CT molecular complexity index is 956. The summed E-state index contributed by atoms with van der Waals surface area (Å²) < 4.78 is 6.81. The molecule has 0 radical (unpaired) electrons. The molecule has 1 atom stereocenters. The van der Waals surface area contributed by atoms with Gasteiger partial charge in [0.2, 0.25) is 0 Å². The van der Waals surface area contributed by atoms with Gasteiger partial charge in [-0.05, 0) is 35.9 Å². The quantitative estimate of drug-likeness (QED) is 0.741. The van der Waals surface area contributed by atoms with Crippen molar-refractivity contribution in [1.82, 2.24) is 9.97 Å². The van der Waals surface area contributed by atoms with Crippen LogP contribution in [0.4, 0.5) is 0 Å². The molecule has 6 nitrogen and oxygen atoms in total. The van der Waals surface area contributed by atoms with Gasteiger partial charge < -0.3 is 9.84 Å². The van der Waals surface area contributed by atoms with E-state index in [0.29, 0.717) is 17.4 Å². The highest BCUT2D eigenvalue weighted by atomic mass is 32.2. The molecule has 0 bridgehead atoms. The number of carboxylic acids is 1. The number of rotatable bonds is 5. The molecule has 0 saturated heterocycles. The average molecular weight is 371 g/mol. The first kappa shape index (κ1) is 16.0. The van der Waals surface area contributed by atoms with Gasteiger partial charge in [-0.25, -0.2) is 9.78 Å². The van der Waals surface area contributed by atoms with E-state index in [1.54, 1.807) is 12.4 Å². The number of aromatic nitrogens is 2. The van der Waals surface area contributed by atoms with E-state index < -0.39 is 12.0 Å². The maximum Gasteiger partial charge on any atom is 0.329 e. The molecule has 1 aliphatic rings. The molecule has 3 aromatic rings. The summed E-state index contributed by atoms with van der Waals surface area (Å²) in [5, 5.41) is 10.5. The molecule has 0 aliphatic carbocycles. The third-order valence-electron chi connectivity index (χ3n) is 3.63. The zero-order chi connectivity index (χ0) is 17.2. The molecule has 2 aromatic heterocycles. The lowest BCUT2D eigenvalue weighted by Crippen LogP contribution is -2.17. The highest BCUT2D eigenvalue weighted by Gasteiger charge is 2.26. The lowest BCUT2D eigenvalue weighted by Gasteiger charge is -2.05. The largest absolute Gasteiger partial charge is 0.489 e. The Morgan fingerprint density at radius 1 is 1.28 bits per heavy atom. The molecule has 0 spiro atoms. The number of carboxylic acid groups (broad SMARTS) is 1. The second-order valence-electron chi connectivity index (χ2n) is 5.39. The lowest BCUT2D eigenvalue weighted by atomic mass is 10.3. The van der Waals surface area contributed by atoms with Gasteiger partial charge in [0.15, 0.2) is 6.04 Å². The van der Waals surface area contributed by atoms with Crippen molar-refractivity contribution in [1.29, 1.82) is 0 Å². The third kappa shape index (κ3) is 3.49. The first-order chi connectivity index (χ1) is 12.2. The summed E-state index contributed by atoms with van der Waals surface area (Å²) in [4.78, 5) is 23.8. The molecule has 0 saturated carbocycles. The van der Waals surface area contributed by atoms with E-state index >= 15 is 0 Å². The summed E-state index contributed by atoms with van der Waals surface area (Å²) in [6.07, 6.45) is 3.48. The highest BCUT2D eigenvalue weighted by Crippen LogP contribution is 2.31. The van der Waals surface area contributed by atoms with Crippen LogP contribution in [-0.2, 0) is 11.4 Å². The first-order valence-corrected chi connectivity index (χ1v) is 9.35. The SMILES string of the molecule is O=C(O)C1CSC(c2nc3ccc(OCc4ccncc4)cc3s2)=N1. The van der Waals surface area contributed by atoms with Crippen molar-refractivity contribution >= 4 is 44.3 Å². The first-order valence-electron chi connectivity index (χ1n) is 7.55. The minimum atomic E-state index is -0.893. The van der Waals surface area contributed by atoms with Gasteiger partial charge in [0.05, 0.1) is 10.2 Å². The minimum absolute atomic E-state index is 0.459. The predicted molar refractivity (Wildman–Crippen MR) is 98.6 cm³/mol. The summed E-state index contributed by atoms with van der Waals surface area (Å²) in [5.41, 5.74) is 1.91. The number of aliphatic imine (C=N–C) groups is 1. The van der Waals surface area contributed by atoms with Gasteiger partial charge in [-0.3, -0.25) is 9.98 Å². The van der Waals surface area contributed by atoms with E-state index in [-0.39, 0.29) is 0 Å². The van der Waals surface area contributed by atoms with E-state index in [1.165, 1.54) is 23.1 Å². The summed E-state index contributed by atoms with van der Waals surface area (Å²) >= 11 is 2.94. The molecule has 1 aliphatic heterocycles. The van der Waals surface area contributed by atoms with Crippen LogP contribution in [0.15, 0.2) is 47.7 Å². The van der Waals surface area contributed by atoms with Crippen LogP contribution in [0.2, 0.25) is 0 Å². The van der Waals surface area contributed by atoms with Crippen LogP contribution in [-0.4, -0.2) is 37.9 Å². The van der Waals surface area contributed by atoms with Crippen LogP contribution in [0.25, 0.3) is 10.2 Å². The topological polar surface area (TPSA) is 84.7 Å². The van der Waals surface area contributed by atoms with Crippen LogP contribution in [0.1, 0.15) is 10.6 Å². The monoisotopic (exact) mass is 371 g/mol. The third-order valence-corrected chi connectivity index (χ3v) is 5.84. The number of pyridine rings is 1. The van der Waals surface area contributed by atoms with Crippen molar-refractivity contribution < 1.29 is 14.6 Å². The van der Waals surface area contributed by atoms with E-state index in [1.807, 2.05) is 30.3 Å². The normalized spacial score (nSPS) is 16.8. The predicted octanol–water partition coefficient (Wildman–Crippen LogP) is 3.22. The standard InChI is InChI=1S/C17H13N3O3S2/c21-17(22)13-9-24-15(20-13)16-19-12-2-1-11(7-14(12)25-16)23-8-10-3-5-18-6-4-10/h1-7,13H,8-9H2,(H,21,22). The van der Waals surface area contributed by atoms with E-state index in [9.17, 15) is 4.79 Å². The molecule has 4 rings (SSSR count). The van der Waals surface area contributed by atoms with E-state index in [0.717, 1.165) is 26.5 Å². The number of nitrogens with zero attached hydrogens (tertiary/aromatic N) is 3. The molecule has 8 heteroatoms. The number of thiazole rings is 1. The van der Waals surface area contributed by atoms with Crippen molar-refractivity contribution in [3.05, 3.63) is 53.3 Å². The second kappa shape index (κ2) is 6.81. The minimum Gasteiger partial charge on any atom is -0.489 e. The van der Waals surface area contributed by atoms with Gasteiger partial charge in [-0.15, -0.1) is 23.1 Å². The fraction of sp³-hybridized carbons (Fsp3) is 0.176. The summed E-state index contributed by atoms with van der Waals surface area (Å²) in [5.74, 6) is 0.334. The average Bonchev–Trinajstić information content (AvgIpc) is 3.27. The number of ether oxygens (including phenoxy) is 1. The van der Waals surface area contributed by atoms with Gasteiger partial charge in [0, 0.05) is 18.1 Å². The van der Waals surface area contributed by atoms with Crippen molar-refractivity contribution in [3.63, 3.8) is 0 Å². The number of thioether (sulfide) groups is 1. The molecule has 3 heterocycles. The van der Waals surface area contributed by atoms with Crippen molar-refractivity contribution in [3.8, 4) is 5.75 Å². The Balaban J connectivity index is 1.53. The van der Waals surface area contributed by atoms with Gasteiger partial charge in [0.25, 0.3) is 0 Å². The van der Waals surface area contributed by atoms with Gasteiger partial charge >= 0.3 is 5.97 Å². The Morgan fingerprint density at radius 3 is 2.88 bits per heavy atom. The molecule has 1 N–H and O–H groups in total. The van der Waals surface area contributed by atoms with Crippen LogP contribution >= 0.6 is 23.1 Å². The molecule has 0 amide bonds. The Morgan fingerprint density at radius 2 is 2.12 bits per heavy atom. The van der Waals surface area contributed by atoms with E-state index in [2.05, 4.69) is 15.0 Å². The molecule has 126 valence electrons. The molecule has 1 unspecified atom stereocenters. The Kier molecular flexibility index (Phi) is 4.37. The maximum atomic E-state index is 11.0. The molecular weight excluding hydrogens is 358 g/mol. The molecule has 1 aromatic carbocycles. The van der Waals surface area contributed by atoms with Crippen LogP contribution in [0, 0.1) is 0 Å². The lowest BCUT2D eigenvalue weighted by molar-refractivity contribution is -0.137. The number of benzene rings is 1. The summed E-state index contributed by atoms with van der Waals surface area (Å²) in [6.45, 7) is 0.475. The summed E-state index contributed by atoms with van der Waals surface area (Å²) in [6, 6.07) is 8.90. The number of hydrogen-bond donors (Lipinski definition) is 1. The molecular formula is C17H13N3O3S2. The molecule has 25 heavy (non-hydrogen) atoms. The summed E-state index contributed by atoms with van der Waals surface area (Å²) in [7, 11) is 0. The fourth-order valence-corrected chi connectivity index (χ4v) is 4.44. The number of hydrogen-bond acceptors (Lipinski definition) is 7. The van der Waals surface area contributed by atoms with E-state index in [4.69, 9.17) is 9.84 Å². The number of fused-ring (bicyclic) bond motifs is 1. The van der Waals surface area contributed by atoms with Crippen molar-refractivity contribution in [2.75, 3.05) is 5.75 Å². The zero-order valence-electron chi connectivity index (χ0n) is 13.0.